The molecule has 0 radical (unpaired) electrons. The summed E-state index contributed by atoms with van der Waals surface area (Å²) in [6.07, 6.45) is 1.53. The lowest BCUT2D eigenvalue weighted by Gasteiger charge is -1.99. The third-order valence-corrected chi connectivity index (χ3v) is 1.72. The predicted octanol–water partition coefficient (Wildman–Crippen LogP) is 1.71. The van der Waals surface area contributed by atoms with E-state index in [9.17, 15) is 0 Å². The first-order valence-electron chi connectivity index (χ1n) is 3.67. The molecule has 0 atom stereocenters. The van der Waals surface area contributed by atoms with Crippen LogP contribution in [-0.2, 0) is 0 Å². The zero-order valence-corrected chi connectivity index (χ0v) is 6.94. The zero-order chi connectivity index (χ0) is 9.26. The molecule has 4 nitrogen and oxygen atoms in total. The molecule has 0 aromatic carbocycles. The van der Waals surface area contributed by atoms with Gasteiger partial charge in [0, 0.05) is 5.39 Å². The van der Waals surface area contributed by atoms with Crippen molar-refractivity contribution in [3.63, 3.8) is 0 Å². The lowest BCUT2D eigenvalue weighted by molar-refractivity contribution is 0.395. The van der Waals surface area contributed by atoms with Crippen molar-refractivity contribution in [2.75, 3.05) is 7.11 Å². The number of hydrogen-bond acceptors (Lipinski definition) is 4. The molecule has 0 spiro atoms. The van der Waals surface area contributed by atoms with Crippen LogP contribution in [0.1, 0.15) is 5.56 Å². The number of pyridine rings is 1. The molecular weight excluding hydrogens is 168 g/mol. The molecule has 0 saturated carbocycles. The molecule has 2 aromatic rings. The Hall–Kier alpha value is -2.02. The van der Waals surface area contributed by atoms with Crippen LogP contribution in [0.15, 0.2) is 22.8 Å². The molecule has 2 rings (SSSR count). The second-order valence-electron chi connectivity index (χ2n) is 2.47. The van der Waals surface area contributed by atoms with Crippen LogP contribution >= 0.6 is 0 Å². The predicted molar refractivity (Wildman–Crippen MR) is 45.3 cm³/mol. The van der Waals surface area contributed by atoms with Crippen LogP contribution in [-0.4, -0.2) is 12.1 Å². The summed E-state index contributed by atoms with van der Waals surface area (Å²) in [5, 5.41) is 9.55. The Labute approximate surface area is 74.4 Å². The molecular formula is C9H6N2O2. The van der Waals surface area contributed by atoms with Crippen molar-refractivity contribution in [1.82, 2.24) is 4.98 Å². The summed E-state index contributed by atoms with van der Waals surface area (Å²) in [6.45, 7) is 0. The first-order chi connectivity index (χ1) is 6.35. The van der Waals surface area contributed by atoms with Gasteiger partial charge in [-0.2, -0.15) is 10.2 Å². The Kier molecular flexibility index (Phi) is 1.64. The highest BCUT2D eigenvalue weighted by molar-refractivity contribution is 5.76. The second kappa shape index (κ2) is 2.79. The lowest BCUT2D eigenvalue weighted by Crippen LogP contribution is -1.91. The number of nitriles is 1. The molecule has 13 heavy (non-hydrogen) atoms. The number of furan rings is 1. The van der Waals surface area contributed by atoms with E-state index in [1.807, 2.05) is 6.07 Å². The van der Waals surface area contributed by atoms with Gasteiger partial charge in [0.15, 0.2) is 0 Å². The average Bonchev–Trinajstić information content (AvgIpc) is 2.62. The lowest BCUT2D eigenvalue weighted by atomic mass is 10.2. The van der Waals surface area contributed by atoms with E-state index in [-0.39, 0.29) is 0 Å². The number of aromatic nitrogens is 1. The molecule has 0 N–H and O–H groups in total. The van der Waals surface area contributed by atoms with Gasteiger partial charge in [0.05, 0.1) is 13.4 Å². The van der Waals surface area contributed by atoms with E-state index in [1.54, 1.807) is 12.1 Å². The van der Waals surface area contributed by atoms with Gasteiger partial charge < -0.3 is 9.15 Å². The van der Waals surface area contributed by atoms with E-state index in [2.05, 4.69) is 4.98 Å². The third kappa shape index (κ3) is 1.11. The molecule has 0 aliphatic carbocycles. The molecule has 0 amide bonds. The maximum absolute atomic E-state index is 8.75. The Morgan fingerprint density at radius 3 is 3.15 bits per heavy atom. The van der Waals surface area contributed by atoms with E-state index in [0.29, 0.717) is 17.2 Å². The molecule has 2 aromatic heterocycles. The topological polar surface area (TPSA) is 59.1 Å². The Bertz CT molecular complexity index is 482. The number of ether oxygens (including phenoxy) is 1. The normalized spacial score (nSPS) is 9.85. The van der Waals surface area contributed by atoms with Crippen LogP contribution in [0.3, 0.4) is 0 Å². The maximum Gasteiger partial charge on any atom is 0.234 e. The van der Waals surface area contributed by atoms with Crippen LogP contribution < -0.4 is 4.74 Å². The summed E-state index contributed by atoms with van der Waals surface area (Å²) in [7, 11) is 1.47. The minimum atomic E-state index is 0.296. The van der Waals surface area contributed by atoms with E-state index >= 15 is 0 Å². The van der Waals surface area contributed by atoms with Gasteiger partial charge in [-0.15, -0.1) is 0 Å². The fourth-order valence-corrected chi connectivity index (χ4v) is 1.12. The summed E-state index contributed by atoms with van der Waals surface area (Å²) in [4.78, 5) is 4.01. The first-order valence-corrected chi connectivity index (χ1v) is 3.67. The quantitative estimate of drug-likeness (QED) is 0.660. The standard InChI is InChI=1S/C9H6N2O2/c1-12-8-7(5-10)4-6-2-3-13-9(6)11-8/h2-4H,1H3. The first kappa shape index (κ1) is 7.62. The Balaban J connectivity index is 2.76. The van der Waals surface area contributed by atoms with E-state index in [0.717, 1.165) is 5.39 Å². The Morgan fingerprint density at radius 1 is 1.62 bits per heavy atom. The number of nitrogens with zero attached hydrogens (tertiary/aromatic N) is 2. The zero-order valence-electron chi connectivity index (χ0n) is 6.94. The van der Waals surface area contributed by atoms with Gasteiger partial charge in [0.1, 0.15) is 11.6 Å². The summed E-state index contributed by atoms with van der Waals surface area (Å²) >= 11 is 0. The van der Waals surface area contributed by atoms with Crippen molar-refractivity contribution in [3.05, 3.63) is 24.0 Å². The highest BCUT2D eigenvalue weighted by Crippen LogP contribution is 2.21. The molecule has 0 fully saturated rings. The minimum Gasteiger partial charge on any atom is -0.480 e. The van der Waals surface area contributed by atoms with E-state index < -0.39 is 0 Å². The van der Waals surface area contributed by atoms with Gasteiger partial charge in [0.25, 0.3) is 0 Å². The summed E-state index contributed by atoms with van der Waals surface area (Å²) in [5.74, 6) is 0.296. The van der Waals surface area contributed by atoms with Crippen LogP contribution in [0.4, 0.5) is 0 Å². The number of methoxy groups -OCH3 is 1. The fraction of sp³-hybridized carbons (Fsp3) is 0.111. The smallest absolute Gasteiger partial charge is 0.234 e. The monoisotopic (exact) mass is 174 g/mol. The molecule has 0 aliphatic rings. The van der Waals surface area contributed by atoms with Gasteiger partial charge in [-0.3, -0.25) is 0 Å². The van der Waals surface area contributed by atoms with E-state index in [1.165, 1.54) is 13.4 Å². The summed E-state index contributed by atoms with van der Waals surface area (Å²) < 4.78 is 9.98. The van der Waals surface area contributed by atoms with Crippen LogP contribution in [0.25, 0.3) is 11.1 Å². The SMILES string of the molecule is COc1nc2occc2cc1C#N. The van der Waals surface area contributed by atoms with Gasteiger partial charge >= 0.3 is 0 Å². The molecule has 64 valence electrons. The highest BCUT2D eigenvalue weighted by Gasteiger charge is 2.07. The van der Waals surface area contributed by atoms with Gasteiger partial charge in [-0.25, -0.2) is 0 Å². The van der Waals surface area contributed by atoms with Gasteiger partial charge in [-0.05, 0) is 12.1 Å². The van der Waals surface area contributed by atoms with Gasteiger partial charge in [-0.1, -0.05) is 0 Å². The van der Waals surface area contributed by atoms with Crippen molar-refractivity contribution in [2.45, 2.75) is 0 Å². The van der Waals surface area contributed by atoms with Crippen LogP contribution in [0.2, 0.25) is 0 Å². The van der Waals surface area contributed by atoms with Crippen LogP contribution in [0.5, 0.6) is 5.88 Å². The number of rotatable bonds is 1. The molecule has 2 heterocycles. The fourth-order valence-electron chi connectivity index (χ4n) is 1.12. The third-order valence-electron chi connectivity index (χ3n) is 1.72. The maximum atomic E-state index is 8.75. The Morgan fingerprint density at radius 2 is 2.46 bits per heavy atom. The summed E-state index contributed by atoms with van der Waals surface area (Å²) in [6, 6.07) is 5.44. The van der Waals surface area contributed by atoms with Crippen molar-refractivity contribution in [3.8, 4) is 11.9 Å². The van der Waals surface area contributed by atoms with Crippen molar-refractivity contribution < 1.29 is 9.15 Å². The number of fused-ring (bicyclic) bond motifs is 1. The molecule has 0 unspecified atom stereocenters. The summed E-state index contributed by atoms with van der Waals surface area (Å²) in [5.41, 5.74) is 0.896. The van der Waals surface area contributed by atoms with Crippen LogP contribution in [0, 0.1) is 11.3 Å². The largest absolute Gasteiger partial charge is 0.480 e. The van der Waals surface area contributed by atoms with Gasteiger partial charge in [0.2, 0.25) is 11.6 Å². The van der Waals surface area contributed by atoms with Crippen molar-refractivity contribution >= 4 is 11.1 Å². The van der Waals surface area contributed by atoms with E-state index in [4.69, 9.17) is 14.4 Å². The molecule has 0 bridgehead atoms. The average molecular weight is 174 g/mol. The molecule has 0 aliphatic heterocycles. The van der Waals surface area contributed by atoms with Crippen molar-refractivity contribution in [1.29, 1.82) is 5.26 Å². The second-order valence-corrected chi connectivity index (χ2v) is 2.47. The minimum absolute atomic E-state index is 0.296. The van der Waals surface area contributed by atoms with Crippen molar-refractivity contribution in [2.24, 2.45) is 0 Å². The molecule has 4 heteroatoms. The number of hydrogen-bond donors (Lipinski definition) is 0. The molecule has 0 saturated heterocycles. The highest BCUT2D eigenvalue weighted by atomic mass is 16.5.